The Morgan fingerprint density at radius 2 is 2.42 bits per heavy atom. The molecule has 2 nitrogen and oxygen atoms in total. The van der Waals surface area contributed by atoms with E-state index in [9.17, 15) is 0 Å². The van der Waals surface area contributed by atoms with Crippen LogP contribution < -0.4 is 0 Å². The average Bonchev–Trinajstić information content (AvgIpc) is 2.46. The van der Waals surface area contributed by atoms with Gasteiger partial charge in [0.05, 0.1) is 11.1 Å². The van der Waals surface area contributed by atoms with E-state index in [0.717, 1.165) is 9.71 Å². The van der Waals surface area contributed by atoms with E-state index in [0.29, 0.717) is 11.6 Å². The molecule has 0 atom stereocenters. The van der Waals surface area contributed by atoms with Crippen molar-refractivity contribution < 1.29 is 1.37 Å². The molecule has 0 bridgehead atoms. The monoisotopic (exact) mass is 180 g/mol. The van der Waals surface area contributed by atoms with Gasteiger partial charge in [0.2, 0.25) is 0 Å². The van der Waals surface area contributed by atoms with Crippen LogP contribution in [0.2, 0.25) is 0 Å². The third-order valence-electron chi connectivity index (χ3n) is 1.62. The number of nitrogens with zero attached hydrogens (tertiary/aromatic N) is 2. The normalized spacial score (nSPS) is 12.4. The second kappa shape index (κ2) is 2.83. The lowest BCUT2D eigenvalue weighted by Gasteiger charge is -1.93. The molecule has 0 saturated carbocycles. The Hall–Kier alpha value is -0.960. The van der Waals surface area contributed by atoms with Gasteiger partial charge in [-0.1, -0.05) is 13.8 Å². The van der Waals surface area contributed by atoms with Gasteiger partial charge in [0.1, 0.15) is 0 Å². The minimum Gasteiger partial charge on any atom is -0.236 e. The first kappa shape index (κ1) is 6.54. The summed E-state index contributed by atoms with van der Waals surface area (Å²) in [5.74, 6) is 0.438. The molecule has 62 valence electrons. The first-order valence-corrected chi connectivity index (χ1v) is 4.72. The molecule has 0 saturated heterocycles. The number of hydrogen-bond acceptors (Lipinski definition) is 3. The molecule has 0 spiro atoms. The van der Waals surface area contributed by atoms with Crippen molar-refractivity contribution in [2.75, 3.05) is 0 Å². The lowest BCUT2D eigenvalue weighted by molar-refractivity contribution is 0.855. The van der Waals surface area contributed by atoms with Crippen molar-refractivity contribution in [1.29, 1.82) is 0 Å². The maximum Gasteiger partial charge on any atom is 0.170 e. The second-order valence-electron chi connectivity index (χ2n) is 2.97. The molecule has 0 aliphatic rings. The quantitative estimate of drug-likeness (QED) is 0.674. The third-order valence-corrected chi connectivity index (χ3v) is 2.94. The maximum atomic E-state index is 7.35. The summed E-state index contributed by atoms with van der Waals surface area (Å²) in [6, 6.07) is 3.61. The Kier molecular flexibility index (Phi) is 1.54. The van der Waals surface area contributed by atoms with E-state index in [1.165, 1.54) is 0 Å². The standard InChI is InChI=1S/C9H10N2S/c1-6(2)9-11-8-7(12-9)4-3-5-10-8/h3-6H,1-2H3/i5T. The van der Waals surface area contributed by atoms with Gasteiger partial charge in [-0.3, -0.25) is 0 Å². The van der Waals surface area contributed by atoms with Crippen LogP contribution in [-0.4, -0.2) is 9.97 Å². The first-order valence-electron chi connectivity index (χ1n) is 4.41. The second-order valence-corrected chi connectivity index (χ2v) is 4.03. The Bertz CT molecular complexity index is 436. The Labute approximate surface area is 76.7 Å². The van der Waals surface area contributed by atoms with Gasteiger partial charge in [0, 0.05) is 12.1 Å². The van der Waals surface area contributed by atoms with Gasteiger partial charge in [-0.15, -0.1) is 11.3 Å². The largest absolute Gasteiger partial charge is 0.236 e. The van der Waals surface area contributed by atoms with Crippen LogP contribution in [0.25, 0.3) is 10.3 Å². The molecule has 12 heavy (non-hydrogen) atoms. The fraction of sp³-hybridized carbons (Fsp3) is 0.333. The van der Waals surface area contributed by atoms with Gasteiger partial charge in [0.25, 0.3) is 0 Å². The van der Waals surface area contributed by atoms with Crippen molar-refractivity contribution in [2.24, 2.45) is 0 Å². The van der Waals surface area contributed by atoms with Gasteiger partial charge < -0.3 is 0 Å². The van der Waals surface area contributed by atoms with E-state index in [-0.39, 0.29) is 6.17 Å². The summed E-state index contributed by atoms with van der Waals surface area (Å²) >= 11 is 1.66. The summed E-state index contributed by atoms with van der Waals surface area (Å²) in [7, 11) is 0. The molecule has 0 unspecified atom stereocenters. The van der Waals surface area contributed by atoms with E-state index in [2.05, 4.69) is 23.8 Å². The van der Waals surface area contributed by atoms with Crippen molar-refractivity contribution in [2.45, 2.75) is 19.8 Å². The van der Waals surface area contributed by atoms with Crippen LogP contribution in [0.4, 0.5) is 0 Å². The fourth-order valence-electron chi connectivity index (χ4n) is 0.988. The van der Waals surface area contributed by atoms with Crippen molar-refractivity contribution in [3.8, 4) is 0 Å². The van der Waals surface area contributed by atoms with Crippen LogP contribution in [0.1, 0.15) is 26.1 Å². The molecular formula is C9H10N2S. The van der Waals surface area contributed by atoms with E-state index in [1.807, 2.05) is 6.07 Å². The predicted octanol–water partition coefficient (Wildman–Crippen LogP) is 2.81. The van der Waals surface area contributed by atoms with E-state index in [4.69, 9.17) is 1.37 Å². The molecule has 2 aromatic heterocycles. The smallest absolute Gasteiger partial charge is 0.170 e. The topological polar surface area (TPSA) is 25.8 Å². The first-order chi connectivity index (χ1) is 6.16. The Balaban J connectivity index is 2.62. The van der Waals surface area contributed by atoms with Crippen molar-refractivity contribution >= 4 is 21.7 Å². The number of pyridine rings is 1. The summed E-state index contributed by atoms with van der Waals surface area (Å²) in [6.07, 6.45) is 0.285. The number of rotatable bonds is 1. The van der Waals surface area contributed by atoms with E-state index >= 15 is 0 Å². The fourth-order valence-corrected chi connectivity index (χ4v) is 1.90. The molecular weight excluding hydrogens is 168 g/mol. The van der Waals surface area contributed by atoms with Gasteiger partial charge in [-0.25, -0.2) is 9.97 Å². The highest BCUT2D eigenvalue weighted by Gasteiger charge is 2.06. The molecule has 0 fully saturated rings. The highest BCUT2D eigenvalue weighted by atomic mass is 32.1. The van der Waals surface area contributed by atoms with Gasteiger partial charge in [-0.2, -0.15) is 0 Å². The summed E-state index contributed by atoms with van der Waals surface area (Å²) in [6.45, 7) is 4.22. The van der Waals surface area contributed by atoms with Crippen LogP contribution >= 0.6 is 11.3 Å². The predicted molar refractivity (Wildman–Crippen MR) is 51.5 cm³/mol. The minimum absolute atomic E-state index is 0.285. The highest BCUT2D eigenvalue weighted by molar-refractivity contribution is 7.18. The van der Waals surface area contributed by atoms with Crippen molar-refractivity contribution in [3.63, 3.8) is 0 Å². The average molecular weight is 180 g/mol. The number of thiazole rings is 1. The number of hydrogen-bond donors (Lipinski definition) is 0. The summed E-state index contributed by atoms with van der Waals surface area (Å²) in [5.41, 5.74) is 0.709. The lowest BCUT2D eigenvalue weighted by atomic mass is 10.2. The lowest BCUT2D eigenvalue weighted by Crippen LogP contribution is -1.83. The molecule has 2 aromatic rings. The highest BCUT2D eigenvalue weighted by Crippen LogP contribution is 2.25. The summed E-state index contributed by atoms with van der Waals surface area (Å²) < 4.78 is 8.42. The molecule has 0 aliphatic carbocycles. The molecule has 2 heterocycles. The zero-order valence-electron chi connectivity index (χ0n) is 8.03. The zero-order chi connectivity index (χ0) is 9.42. The molecule has 0 aliphatic heterocycles. The number of aromatic nitrogens is 2. The van der Waals surface area contributed by atoms with E-state index in [1.54, 1.807) is 17.4 Å². The molecule has 2 rings (SSSR count). The summed E-state index contributed by atoms with van der Waals surface area (Å²) in [5, 5.41) is 1.09. The number of fused-ring (bicyclic) bond motifs is 1. The molecule has 0 aromatic carbocycles. The Morgan fingerprint density at radius 3 is 3.17 bits per heavy atom. The zero-order valence-corrected chi connectivity index (χ0v) is 7.85. The van der Waals surface area contributed by atoms with Crippen LogP contribution in [0.5, 0.6) is 0 Å². The van der Waals surface area contributed by atoms with Gasteiger partial charge in [0.15, 0.2) is 5.65 Å². The van der Waals surface area contributed by atoms with E-state index < -0.39 is 0 Å². The minimum atomic E-state index is 0.285. The van der Waals surface area contributed by atoms with Crippen LogP contribution in [0.15, 0.2) is 18.3 Å². The molecule has 0 amide bonds. The van der Waals surface area contributed by atoms with Gasteiger partial charge in [-0.05, 0) is 12.1 Å². The maximum absolute atomic E-state index is 7.35. The van der Waals surface area contributed by atoms with Crippen LogP contribution in [0, 0.1) is 0 Å². The third kappa shape index (κ3) is 1.20. The molecule has 0 N–H and O–H groups in total. The van der Waals surface area contributed by atoms with Crippen molar-refractivity contribution in [1.82, 2.24) is 9.97 Å². The molecule has 3 heteroatoms. The Morgan fingerprint density at radius 1 is 1.58 bits per heavy atom. The summed E-state index contributed by atoms with van der Waals surface area (Å²) in [4.78, 5) is 8.41. The molecule has 0 radical (unpaired) electrons. The van der Waals surface area contributed by atoms with Crippen LogP contribution in [0.3, 0.4) is 0 Å². The van der Waals surface area contributed by atoms with Gasteiger partial charge >= 0.3 is 0 Å². The SMILES string of the molecule is [3H]c1ccc2sc(C(C)C)nc2n1. The van der Waals surface area contributed by atoms with Crippen LogP contribution in [-0.2, 0) is 0 Å². The van der Waals surface area contributed by atoms with Crippen molar-refractivity contribution in [3.05, 3.63) is 23.3 Å².